The third-order valence-electron chi connectivity index (χ3n) is 2.63. The maximum Gasteiger partial charge on any atom is 0.263 e. The summed E-state index contributed by atoms with van der Waals surface area (Å²) in [5.74, 6) is 0. The van der Waals surface area contributed by atoms with Crippen molar-refractivity contribution in [1.29, 1.82) is 0 Å². The molecule has 1 heterocycles. The highest BCUT2D eigenvalue weighted by molar-refractivity contribution is 9.10. The molecule has 0 atom stereocenters. The number of anilines is 2. The second-order valence-electron chi connectivity index (χ2n) is 4.10. The van der Waals surface area contributed by atoms with Gasteiger partial charge in [-0.3, -0.25) is 9.71 Å². The quantitative estimate of drug-likeness (QED) is 0.806. The summed E-state index contributed by atoms with van der Waals surface area (Å²) in [4.78, 5) is 3.80. The highest BCUT2D eigenvalue weighted by Crippen LogP contribution is 2.30. The molecule has 106 valence electrons. The van der Waals surface area contributed by atoms with Crippen molar-refractivity contribution < 1.29 is 8.42 Å². The van der Waals surface area contributed by atoms with Crippen LogP contribution < -0.4 is 10.5 Å². The zero-order valence-electron chi connectivity index (χ0n) is 10.4. The number of halogens is 2. The van der Waals surface area contributed by atoms with Crippen molar-refractivity contribution in [2.45, 2.75) is 11.8 Å². The van der Waals surface area contributed by atoms with E-state index in [2.05, 4.69) is 25.6 Å². The number of pyridine rings is 1. The lowest BCUT2D eigenvalue weighted by molar-refractivity contribution is 0.601. The fourth-order valence-corrected chi connectivity index (χ4v) is 3.71. The summed E-state index contributed by atoms with van der Waals surface area (Å²) in [7, 11) is -3.83. The van der Waals surface area contributed by atoms with Crippen molar-refractivity contribution in [2.24, 2.45) is 0 Å². The van der Waals surface area contributed by atoms with E-state index < -0.39 is 10.0 Å². The van der Waals surface area contributed by atoms with E-state index in [9.17, 15) is 8.42 Å². The number of benzene rings is 1. The monoisotopic (exact) mass is 375 g/mol. The Hall–Kier alpha value is -1.31. The summed E-state index contributed by atoms with van der Waals surface area (Å²) in [6.07, 6.45) is 2.97. The minimum atomic E-state index is -3.83. The molecule has 0 aliphatic heterocycles. The van der Waals surface area contributed by atoms with E-state index in [1.54, 1.807) is 6.92 Å². The van der Waals surface area contributed by atoms with Crippen LogP contribution in [0.5, 0.6) is 0 Å². The molecule has 0 spiro atoms. The van der Waals surface area contributed by atoms with Crippen LogP contribution in [0.2, 0.25) is 5.02 Å². The average Bonchev–Trinajstić information content (AvgIpc) is 2.36. The molecule has 0 fully saturated rings. The highest BCUT2D eigenvalue weighted by atomic mass is 79.9. The summed E-state index contributed by atoms with van der Waals surface area (Å²) in [6, 6.07) is 4.40. The molecule has 0 amide bonds. The fraction of sp³-hybridized carbons (Fsp3) is 0.0833. The highest BCUT2D eigenvalue weighted by Gasteiger charge is 2.20. The Bertz CT molecular complexity index is 765. The molecule has 0 saturated carbocycles. The molecule has 0 aliphatic carbocycles. The zero-order valence-corrected chi connectivity index (χ0v) is 13.6. The molecule has 20 heavy (non-hydrogen) atoms. The van der Waals surface area contributed by atoms with E-state index in [1.165, 1.54) is 30.6 Å². The smallest absolute Gasteiger partial charge is 0.263 e. The predicted octanol–water partition coefficient (Wildman–Crippen LogP) is 3.19. The molecule has 8 heteroatoms. The first-order chi connectivity index (χ1) is 9.31. The number of hydrogen-bond donors (Lipinski definition) is 2. The second-order valence-corrected chi connectivity index (χ2v) is 7.01. The number of nitrogens with zero attached hydrogens (tertiary/aromatic N) is 1. The van der Waals surface area contributed by atoms with Crippen molar-refractivity contribution in [2.75, 3.05) is 10.5 Å². The molecular formula is C12H11BrClN3O2S. The van der Waals surface area contributed by atoms with Gasteiger partial charge in [-0.15, -0.1) is 0 Å². The summed E-state index contributed by atoms with van der Waals surface area (Å²) >= 11 is 9.21. The third kappa shape index (κ3) is 3.05. The minimum Gasteiger partial charge on any atom is -0.398 e. The second kappa shape index (κ2) is 5.59. The molecule has 0 bridgehead atoms. The maximum atomic E-state index is 12.3. The van der Waals surface area contributed by atoms with Crippen molar-refractivity contribution in [3.8, 4) is 0 Å². The first kappa shape index (κ1) is 15.1. The van der Waals surface area contributed by atoms with E-state index in [4.69, 9.17) is 17.3 Å². The number of rotatable bonds is 3. The van der Waals surface area contributed by atoms with E-state index in [-0.39, 0.29) is 9.92 Å². The van der Waals surface area contributed by atoms with Crippen LogP contribution in [0, 0.1) is 6.92 Å². The Morgan fingerprint density at radius 1 is 1.40 bits per heavy atom. The van der Waals surface area contributed by atoms with Crippen molar-refractivity contribution in [3.05, 3.63) is 45.7 Å². The third-order valence-corrected chi connectivity index (χ3v) is 5.09. The zero-order chi connectivity index (χ0) is 14.9. The lowest BCUT2D eigenvalue weighted by atomic mass is 10.2. The van der Waals surface area contributed by atoms with Gasteiger partial charge >= 0.3 is 0 Å². The standard InChI is InChI=1S/C12H11BrClN3O2S/c1-7-4-9(14)12(5-10(7)15)20(18,19)17-11-2-3-16-6-8(11)13/h2-6H,15H2,1H3,(H,16,17). The van der Waals surface area contributed by atoms with Gasteiger partial charge in [0.05, 0.1) is 15.2 Å². The van der Waals surface area contributed by atoms with Gasteiger partial charge in [0.15, 0.2) is 0 Å². The van der Waals surface area contributed by atoms with Crippen LogP contribution in [0.1, 0.15) is 5.56 Å². The van der Waals surface area contributed by atoms with Gasteiger partial charge in [-0.1, -0.05) is 11.6 Å². The van der Waals surface area contributed by atoms with Crippen LogP contribution in [0.3, 0.4) is 0 Å². The molecule has 2 aromatic rings. The Morgan fingerprint density at radius 2 is 2.10 bits per heavy atom. The van der Waals surface area contributed by atoms with E-state index in [0.29, 0.717) is 15.8 Å². The van der Waals surface area contributed by atoms with Gasteiger partial charge in [0.25, 0.3) is 10.0 Å². The Kier molecular flexibility index (Phi) is 4.22. The number of aryl methyl sites for hydroxylation is 1. The van der Waals surface area contributed by atoms with Crippen LogP contribution in [0.4, 0.5) is 11.4 Å². The number of aromatic nitrogens is 1. The molecular weight excluding hydrogens is 366 g/mol. The first-order valence-electron chi connectivity index (χ1n) is 5.49. The SMILES string of the molecule is Cc1cc(Cl)c(S(=O)(=O)Nc2ccncc2Br)cc1N. The summed E-state index contributed by atoms with van der Waals surface area (Å²) in [5, 5.41) is 0.120. The molecule has 3 N–H and O–H groups in total. The first-order valence-corrected chi connectivity index (χ1v) is 8.14. The normalized spacial score (nSPS) is 11.3. The number of nitrogens with one attached hydrogen (secondary N) is 1. The van der Waals surface area contributed by atoms with E-state index in [0.717, 1.165) is 5.56 Å². The van der Waals surface area contributed by atoms with Gasteiger partial charge in [-0.05, 0) is 46.6 Å². The molecule has 0 aliphatic rings. The Morgan fingerprint density at radius 3 is 2.75 bits per heavy atom. The van der Waals surface area contributed by atoms with Crippen molar-refractivity contribution in [3.63, 3.8) is 0 Å². The number of nitrogens with two attached hydrogens (primary N) is 1. The molecule has 1 aromatic carbocycles. The largest absolute Gasteiger partial charge is 0.398 e. The van der Waals surface area contributed by atoms with Gasteiger partial charge < -0.3 is 5.73 Å². The Balaban J connectivity index is 2.47. The van der Waals surface area contributed by atoms with Gasteiger partial charge in [0.1, 0.15) is 4.90 Å². The summed E-state index contributed by atoms with van der Waals surface area (Å²) in [6.45, 7) is 1.75. The molecule has 0 unspecified atom stereocenters. The van der Waals surface area contributed by atoms with Crippen molar-refractivity contribution >= 4 is 48.9 Å². The maximum absolute atomic E-state index is 12.3. The fourth-order valence-electron chi connectivity index (χ4n) is 1.53. The van der Waals surface area contributed by atoms with Crippen LogP contribution >= 0.6 is 27.5 Å². The van der Waals surface area contributed by atoms with E-state index in [1.807, 2.05) is 0 Å². The van der Waals surface area contributed by atoms with Crippen LogP contribution in [-0.2, 0) is 10.0 Å². The van der Waals surface area contributed by atoms with Gasteiger partial charge in [0, 0.05) is 18.1 Å². The lowest BCUT2D eigenvalue weighted by Crippen LogP contribution is -2.14. The van der Waals surface area contributed by atoms with Gasteiger partial charge in [-0.25, -0.2) is 8.42 Å². The number of nitrogen functional groups attached to an aromatic ring is 1. The minimum absolute atomic E-state index is 0.0639. The van der Waals surface area contributed by atoms with Crippen LogP contribution in [0.15, 0.2) is 40.0 Å². The van der Waals surface area contributed by atoms with Crippen LogP contribution in [-0.4, -0.2) is 13.4 Å². The molecule has 0 radical (unpaired) electrons. The Labute approximate surface area is 130 Å². The van der Waals surface area contributed by atoms with Crippen LogP contribution in [0.25, 0.3) is 0 Å². The molecule has 0 saturated heterocycles. The molecule has 2 rings (SSSR count). The van der Waals surface area contributed by atoms with Gasteiger partial charge in [-0.2, -0.15) is 0 Å². The molecule has 1 aromatic heterocycles. The molecule has 5 nitrogen and oxygen atoms in total. The number of hydrogen-bond acceptors (Lipinski definition) is 4. The van der Waals surface area contributed by atoms with Gasteiger partial charge in [0.2, 0.25) is 0 Å². The number of sulfonamides is 1. The van der Waals surface area contributed by atoms with Crippen molar-refractivity contribution in [1.82, 2.24) is 4.98 Å². The lowest BCUT2D eigenvalue weighted by Gasteiger charge is -2.12. The summed E-state index contributed by atoms with van der Waals surface area (Å²) in [5.41, 5.74) is 7.20. The summed E-state index contributed by atoms with van der Waals surface area (Å²) < 4.78 is 27.7. The van der Waals surface area contributed by atoms with E-state index >= 15 is 0 Å². The average molecular weight is 377 g/mol. The predicted molar refractivity (Wildman–Crippen MR) is 83.3 cm³/mol. The topological polar surface area (TPSA) is 85.1 Å².